The van der Waals surface area contributed by atoms with Crippen LogP contribution in [0.4, 0.5) is 67.2 Å². The van der Waals surface area contributed by atoms with Crippen LogP contribution in [0.15, 0.2) is 72.8 Å². The van der Waals surface area contributed by atoms with Gasteiger partial charge < -0.3 is 19.5 Å². The molecule has 0 spiro atoms. The van der Waals surface area contributed by atoms with E-state index in [0.29, 0.717) is 25.2 Å². The van der Waals surface area contributed by atoms with Crippen LogP contribution < -0.4 is 14.4 Å². The second kappa shape index (κ2) is 12.1. The Bertz CT molecular complexity index is 1480. The van der Waals surface area contributed by atoms with E-state index in [1.807, 2.05) is 0 Å². The molecule has 1 atom stereocenters. The van der Waals surface area contributed by atoms with E-state index in [-0.39, 0.29) is 17.0 Å². The predicted molar refractivity (Wildman–Crippen MR) is 129 cm³/mol. The molecule has 0 aromatic heterocycles. The lowest BCUT2D eigenvalue weighted by Gasteiger charge is -2.40. The molecule has 4 nitrogen and oxygen atoms in total. The highest BCUT2D eigenvalue weighted by molar-refractivity contribution is 5.52. The number of halogens is 14. The minimum absolute atomic E-state index is 0.0839. The molecule has 0 saturated carbocycles. The third-order valence-electron chi connectivity index (χ3n) is 6.31. The molecule has 0 aliphatic rings. The highest BCUT2D eigenvalue weighted by Gasteiger charge is 2.73. The largest absolute Gasteiger partial charge is 0.461 e. The lowest BCUT2D eigenvalue weighted by Crippen LogP contribution is -2.59. The van der Waals surface area contributed by atoms with E-state index in [1.165, 1.54) is 12.1 Å². The van der Waals surface area contributed by atoms with Crippen LogP contribution in [0, 0.1) is 0 Å². The van der Waals surface area contributed by atoms with E-state index in [9.17, 15) is 66.6 Å². The van der Waals surface area contributed by atoms with Gasteiger partial charge >= 0.3 is 36.7 Å². The van der Waals surface area contributed by atoms with Gasteiger partial charge in [0.15, 0.2) is 0 Å². The maximum Gasteiger partial charge on any atom is 0.461 e. The van der Waals surface area contributed by atoms with Gasteiger partial charge in [-0.25, -0.2) is 0 Å². The monoisotopic (exact) mass is 671 g/mol. The summed E-state index contributed by atoms with van der Waals surface area (Å²) in [6, 6.07) is 9.21. The van der Waals surface area contributed by atoms with Gasteiger partial charge in [0.05, 0.1) is 0 Å². The van der Waals surface area contributed by atoms with Crippen LogP contribution in [0.5, 0.6) is 17.2 Å². The smallest absolute Gasteiger partial charge is 0.457 e. The van der Waals surface area contributed by atoms with Crippen molar-refractivity contribution in [2.45, 2.75) is 48.9 Å². The van der Waals surface area contributed by atoms with Gasteiger partial charge in [0.25, 0.3) is 0 Å². The first-order valence-electron chi connectivity index (χ1n) is 12.1. The van der Waals surface area contributed by atoms with E-state index in [1.54, 1.807) is 0 Å². The van der Waals surface area contributed by atoms with Crippen molar-refractivity contribution in [3.05, 3.63) is 83.9 Å². The van der Waals surface area contributed by atoms with Gasteiger partial charge in [-0.15, -0.1) is 0 Å². The highest BCUT2D eigenvalue weighted by atomic mass is 19.4. The minimum Gasteiger partial charge on any atom is -0.457 e. The van der Waals surface area contributed by atoms with E-state index in [2.05, 4.69) is 4.74 Å². The molecular weight excluding hydrogens is 652 g/mol. The maximum atomic E-state index is 14.3. The first-order valence-corrected chi connectivity index (χ1v) is 12.1. The zero-order valence-electron chi connectivity index (χ0n) is 22.2. The Hall–Kier alpha value is -3.96. The molecule has 0 heterocycles. The normalized spacial score (nSPS) is 14.7. The van der Waals surface area contributed by atoms with Gasteiger partial charge in [0, 0.05) is 30.8 Å². The first kappa shape index (κ1) is 35.5. The second-order valence-corrected chi connectivity index (χ2v) is 9.40. The minimum atomic E-state index is -6.73. The summed E-state index contributed by atoms with van der Waals surface area (Å²) in [5.74, 6) is -14.2. The van der Waals surface area contributed by atoms with Crippen LogP contribution in [0.3, 0.4) is 0 Å². The van der Waals surface area contributed by atoms with Gasteiger partial charge in [-0.2, -0.15) is 61.5 Å². The Balaban J connectivity index is 1.99. The summed E-state index contributed by atoms with van der Waals surface area (Å²) in [4.78, 5) is -0.0873. The molecule has 0 aliphatic carbocycles. The van der Waals surface area contributed by atoms with Crippen LogP contribution in [-0.4, -0.2) is 48.7 Å². The van der Waals surface area contributed by atoms with Crippen molar-refractivity contribution in [1.82, 2.24) is 0 Å². The van der Waals surface area contributed by atoms with Crippen molar-refractivity contribution in [3.8, 4) is 17.2 Å². The Morgan fingerprint density at radius 2 is 1.29 bits per heavy atom. The first-order chi connectivity index (χ1) is 20.4. The summed E-state index contributed by atoms with van der Waals surface area (Å²) in [6.07, 6.45) is -23.0. The highest BCUT2D eigenvalue weighted by Crippen LogP contribution is 2.52. The fraction of sp³-hybridized carbons (Fsp3) is 0.333. The van der Waals surface area contributed by atoms with Crippen LogP contribution in [0.2, 0.25) is 0 Å². The number of nitrogens with zero attached hydrogens (tertiary/aromatic N) is 1. The number of ether oxygens (including phenoxy) is 2. The molecule has 3 aromatic rings. The van der Waals surface area contributed by atoms with Crippen molar-refractivity contribution in [1.29, 1.82) is 0 Å². The average molecular weight is 671 g/mol. The van der Waals surface area contributed by atoms with Gasteiger partial charge in [-0.3, -0.25) is 0 Å². The van der Waals surface area contributed by atoms with E-state index < -0.39 is 82.9 Å². The molecule has 1 unspecified atom stereocenters. The number of likely N-dealkylation sites (N-methyl/N-ethyl adjacent to an activating group) is 1. The predicted octanol–water partition coefficient (Wildman–Crippen LogP) is 8.93. The van der Waals surface area contributed by atoms with Crippen molar-refractivity contribution >= 4 is 5.69 Å². The Morgan fingerprint density at radius 3 is 1.87 bits per heavy atom. The lowest BCUT2D eigenvalue weighted by molar-refractivity contribution is -0.359. The summed E-state index contributed by atoms with van der Waals surface area (Å²) >= 11 is 0. The van der Waals surface area contributed by atoms with Crippen molar-refractivity contribution in [2.75, 3.05) is 11.9 Å². The molecule has 0 aliphatic heterocycles. The van der Waals surface area contributed by atoms with Gasteiger partial charge in [-0.05, 0) is 35.9 Å². The Labute approximate surface area is 244 Å². The average Bonchev–Trinajstić information content (AvgIpc) is 2.92. The lowest BCUT2D eigenvalue weighted by atomic mass is 9.97. The number of anilines is 1. The van der Waals surface area contributed by atoms with E-state index >= 15 is 0 Å². The standard InChI is InChI=1S/C27H19F14NO3/c1-42(17-8-4-7-16(12-17)23(30,31)25(34,35)27(39,40)41)22(43,26(36,37)38)14-15-6-2-3-11-20(15)44-18-9-5-10-19(13-18)45-24(32,33)21(28)29/h2-13,21,43H,14H2,1H3. The third-order valence-corrected chi connectivity index (χ3v) is 6.31. The fourth-order valence-corrected chi connectivity index (χ4v) is 3.84. The summed E-state index contributed by atoms with van der Waals surface area (Å²) < 4.78 is 198. The zero-order valence-corrected chi connectivity index (χ0v) is 22.2. The molecule has 3 rings (SSSR count). The Kier molecular flexibility index (Phi) is 9.54. The molecule has 18 heteroatoms. The zero-order chi connectivity index (χ0) is 34.2. The molecule has 0 radical (unpaired) electrons. The number of hydrogen-bond donors (Lipinski definition) is 1. The second-order valence-electron chi connectivity index (χ2n) is 9.40. The van der Waals surface area contributed by atoms with Crippen LogP contribution in [-0.2, 0) is 12.3 Å². The summed E-state index contributed by atoms with van der Waals surface area (Å²) in [5, 5.41) is 10.9. The molecule has 0 bridgehead atoms. The summed E-state index contributed by atoms with van der Waals surface area (Å²) in [7, 11) is 0.500. The number of benzene rings is 3. The number of rotatable bonds is 11. The molecule has 0 fully saturated rings. The molecule has 0 amide bonds. The maximum absolute atomic E-state index is 14.3. The molecular formula is C27H19F14NO3. The van der Waals surface area contributed by atoms with Crippen LogP contribution in [0.1, 0.15) is 11.1 Å². The summed E-state index contributed by atoms with van der Waals surface area (Å²) in [5.41, 5.74) is -7.59. The molecule has 3 aromatic carbocycles. The number of aliphatic hydroxyl groups is 1. The Morgan fingerprint density at radius 1 is 0.711 bits per heavy atom. The number of para-hydroxylation sites is 1. The van der Waals surface area contributed by atoms with Crippen LogP contribution in [0.25, 0.3) is 0 Å². The number of alkyl halides is 14. The molecule has 248 valence electrons. The molecule has 45 heavy (non-hydrogen) atoms. The van der Waals surface area contributed by atoms with Crippen molar-refractivity contribution < 1.29 is 76.0 Å². The van der Waals surface area contributed by atoms with Crippen molar-refractivity contribution in [3.63, 3.8) is 0 Å². The van der Waals surface area contributed by atoms with Gasteiger partial charge in [-0.1, -0.05) is 36.4 Å². The van der Waals surface area contributed by atoms with Crippen molar-refractivity contribution in [2.24, 2.45) is 0 Å². The summed E-state index contributed by atoms with van der Waals surface area (Å²) in [6.45, 7) is 0. The van der Waals surface area contributed by atoms with E-state index in [0.717, 1.165) is 30.3 Å². The van der Waals surface area contributed by atoms with Crippen LogP contribution >= 0.6 is 0 Å². The topological polar surface area (TPSA) is 41.9 Å². The fourth-order valence-electron chi connectivity index (χ4n) is 3.84. The van der Waals surface area contributed by atoms with Gasteiger partial charge in [0.1, 0.15) is 17.2 Å². The molecule has 1 N–H and O–H groups in total. The van der Waals surface area contributed by atoms with Gasteiger partial charge in [0.2, 0.25) is 5.72 Å². The quantitative estimate of drug-likeness (QED) is 0.163. The van der Waals surface area contributed by atoms with E-state index in [4.69, 9.17) is 4.74 Å². The third kappa shape index (κ3) is 7.15. The SMILES string of the molecule is CN(c1cccc(C(F)(F)C(F)(F)C(F)(F)F)c1)C(O)(Cc1ccccc1Oc1cccc(OC(F)(F)C(F)F)c1)C(F)(F)F. The number of hydrogen-bond acceptors (Lipinski definition) is 4. The molecule has 0 saturated heterocycles.